The zero-order valence-electron chi connectivity index (χ0n) is 14.4. The highest BCUT2D eigenvalue weighted by Gasteiger charge is 2.27. The van der Waals surface area contributed by atoms with E-state index in [1.807, 2.05) is 45.9 Å². The second kappa shape index (κ2) is 8.02. The van der Waals surface area contributed by atoms with Gasteiger partial charge in [-0.25, -0.2) is 4.79 Å². The number of amides is 1. The highest BCUT2D eigenvalue weighted by atomic mass is 79.9. The Kier molecular flexibility index (Phi) is 6.89. The summed E-state index contributed by atoms with van der Waals surface area (Å²) in [6.07, 6.45) is 0.0961. The smallest absolute Gasteiger partial charge is 0.407 e. The van der Waals surface area contributed by atoms with Crippen molar-refractivity contribution in [2.75, 3.05) is 20.3 Å². The molecule has 0 fully saturated rings. The lowest BCUT2D eigenvalue weighted by molar-refractivity contribution is 0.0478. The van der Waals surface area contributed by atoms with E-state index in [2.05, 4.69) is 21.2 Å². The maximum Gasteiger partial charge on any atom is 0.407 e. The second-order valence-electron chi connectivity index (χ2n) is 6.96. The van der Waals surface area contributed by atoms with Gasteiger partial charge in [0, 0.05) is 16.4 Å². The van der Waals surface area contributed by atoms with E-state index in [1.54, 1.807) is 7.11 Å². The van der Waals surface area contributed by atoms with Crippen LogP contribution < -0.4 is 10.1 Å². The maximum atomic E-state index is 11.8. The van der Waals surface area contributed by atoms with Gasteiger partial charge >= 0.3 is 6.09 Å². The Balaban J connectivity index is 2.76. The molecule has 130 valence electrons. The monoisotopic (exact) mass is 387 g/mol. The van der Waals surface area contributed by atoms with Gasteiger partial charge in [0.05, 0.1) is 13.7 Å². The molecule has 1 atom stereocenters. The molecule has 0 saturated carbocycles. The van der Waals surface area contributed by atoms with E-state index in [-0.39, 0.29) is 6.61 Å². The van der Waals surface area contributed by atoms with Crippen molar-refractivity contribution in [2.45, 2.75) is 39.7 Å². The van der Waals surface area contributed by atoms with Gasteiger partial charge in [-0.3, -0.25) is 0 Å². The zero-order chi connectivity index (χ0) is 17.7. The number of hydrogen-bond acceptors (Lipinski definition) is 4. The summed E-state index contributed by atoms with van der Waals surface area (Å²) in [5, 5.41) is 12.5. The number of hydrogen-bond donors (Lipinski definition) is 2. The third-order valence-corrected chi connectivity index (χ3v) is 4.08. The molecule has 5 nitrogen and oxygen atoms in total. The van der Waals surface area contributed by atoms with Crippen LogP contribution in [0, 0.1) is 5.41 Å². The van der Waals surface area contributed by atoms with Crippen LogP contribution in [-0.4, -0.2) is 37.1 Å². The second-order valence-corrected chi connectivity index (χ2v) is 7.81. The molecule has 1 unspecified atom stereocenters. The van der Waals surface area contributed by atoms with Gasteiger partial charge in [0.1, 0.15) is 11.4 Å². The van der Waals surface area contributed by atoms with Crippen molar-refractivity contribution in [2.24, 2.45) is 5.41 Å². The quantitative estimate of drug-likeness (QED) is 0.783. The van der Waals surface area contributed by atoms with Crippen LogP contribution in [0.5, 0.6) is 5.75 Å². The van der Waals surface area contributed by atoms with Gasteiger partial charge in [-0.15, -0.1) is 0 Å². The Hall–Kier alpha value is -1.27. The first kappa shape index (κ1) is 19.8. The van der Waals surface area contributed by atoms with E-state index in [1.165, 1.54) is 0 Å². The molecule has 0 aliphatic rings. The normalized spacial score (nSPS) is 14.0. The van der Waals surface area contributed by atoms with Gasteiger partial charge in [-0.1, -0.05) is 22.9 Å². The Labute approximate surface area is 146 Å². The van der Waals surface area contributed by atoms with E-state index in [0.29, 0.717) is 13.0 Å². The number of carbonyl (C=O) groups is 1. The van der Waals surface area contributed by atoms with Gasteiger partial charge in [0.2, 0.25) is 0 Å². The Morgan fingerprint density at radius 3 is 2.48 bits per heavy atom. The van der Waals surface area contributed by atoms with Crippen molar-refractivity contribution in [3.05, 3.63) is 28.2 Å². The summed E-state index contributed by atoms with van der Waals surface area (Å²) < 4.78 is 11.4. The number of benzene rings is 1. The highest BCUT2D eigenvalue weighted by Crippen LogP contribution is 2.29. The minimum Gasteiger partial charge on any atom is -0.497 e. The first-order chi connectivity index (χ1) is 10.6. The van der Waals surface area contributed by atoms with E-state index in [0.717, 1.165) is 15.8 Å². The molecule has 0 heterocycles. The lowest BCUT2D eigenvalue weighted by Gasteiger charge is -2.29. The fourth-order valence-corrected chi connectivity index (χ4v) is 2.43. The topological polar surface area (TPSA) is 67.8 Å². The fraction of sp³-hybridized carbons (Fsp3) is 0.588. The third kappa shape index (κ3) is 6.79. The SMILES string of the molecule is COc1ccc(Br)c(CC(C)(CO)CNC(=O)OC(C)(C)C)c1. The van der Waals surface area contributed by atoms with Crippen molar-refractivity contribution in [3.8, 4) is 5.75 Å². The minimum atomic E-state index is -0.546. The first-order valence-corrected chi connectivity index (χ1v) is 8.28. The predicted molar refractivity (Wildman–Crippen MR) is 93.8 cm³/mol. The van der Waals surface area contributed by atoms with E-state index < -0.39 is 17.1 Å². The standard InChI is InChI=1S/C17H26BrNO4/c1-16(2,3)23-15(21)19-10-17(4,11-20)9-12-8-13(22-5)6-7-14(12)18/h6-8,20H,9-11H2,1-5H3,(H,19,21). The molecule has 1 aromatic rings. The summed E-state index contributed by atoms with van der Waals surface area (Å²) in [7, 11) is 1.61. The number of nitrogens with one attached hydrogen (secondary N) is 1. The number of ether oxygens (including phenoxy) is 2. The lowest BCUT2D eigenvalue weighted by atomic mass is 9.84. The molecule has 23 heavy (non-hydrogen) atoms. The highest BCUT2D eigenvalue weighted by molar-refractivity contribution is 9.10. The van der Waals surface area contributed by atoms with Crippen molar-refractivity contribution < 1.29 is 19.4 Å². The molecule has 0 saturated heterocycles. The molecule has 2 N–H and O–H groups in total. The van der Waals surface area contributed by atoms with Gasteiger partial charge in [0.25, 0.3) is 0 Å². The number of carbonyl (C=O) groups excluding carboxylic acids is 1. The molecule has 0 aliphatic heterocycles. The van der Waals surface area contributed by atoms with Crippen LogP contribution in [0.25, 0.3) is 0 Å². The van der Waals surface area contributed by atoms with Gasteiger partial charge in [0.15, 0.2) is 0 Å². The van der Waals surface area contributed by atoms with Crippen molar-refractivity contribution in [1.29, 1.82) is 0 Å². The molecule has 0 aromatic heterocycles. The van der Waals surface area contributed by atoms with E-state index in [4.69, 9.17) is 9.47 Å². The van der Waals surface area contributed by atoms with Crippen LogP contribution in [0.4, 0.5) is 4.79 Å². The summed E-state index contributed by atoms with van der Waals surface area (Å²) in [6, 6.07) is 5.70. The summed E-state index contributed by atoms with van der Waals surface area (Å²) in [5.41, 5.74) is -0.0479. The average Bonchev–Trinajstić information content (AvgIpc) is 2.46. The van der Waals surface area contributed by atoms with E-state index >= 15 is 0 Å². The van der Waals surface area contributed by atoms with Gasteiger partial charge in [-0.2, -0.15) is 0 Å². The van der Waals surface area contributed by atoms with Crippen LogP contribution in [0.1, 0.15) is 33.3 Å². The van der Waals surface area contributed by atoms with Crippen LogP contribution >= 0.6 is 15.9 Å². The summed E-state index contributed by atoms with van der Waals surface area (Å²) in [5.74, 6) is 0.753. The molecular weight excluding hydrogens is 362 g/mol. The molecule has 0 radical (unpaired) electrons. The van der Waals surface area contributed by atoms with Crippen LogP contribution in [0.2, 0.25) is 0 Å². The van der Waals surface area contributed by atoms with Crippen molar-refractivity contribution in [3.63, 3.8) is 0 Å². The minimum absolute atomic E-state index is 0.0630. The largest absolute Gasteiger partial charge is 0.497 e. The molecular formula is C17H26BrNO4. The average molecular weight is 388 g/mol. The van der Waals surface area contributed by atoms with E-state index in [9.17, 15) is 9.90 Å². The van der Waals surface area contributed by atoms with Crippen LogP contribution in [0.15, 0.2) is 22.7 Å². The Bertz CT molecular complexity index is 542. The van der Waals surface area contributed by atoms with Gasteiger partial charge in [-0.05, 0) is 51.0 Å². The Morgan fingerprint density at radius 1 is 1.30 bits per heavy atom. The van der Waals surface area contributed by atoms with Crippen LogP contribution in [-0.2, 0) is 11.2 Å². The number of aliphatic hydroxyl groups is 1. The molecule has 0 aliphatic carbocycles. The maximum absolute atomic E-state index is 11.8. The zero-order valence-corrected chi connectivity index (χ0v) is 16.0. The predicted octanol–water partition coefficient (Wildman–Crippen LogP) is 3.52. The molecule has 6 heteroatoms. The number of methoxy groups -OCH3 is 1. The summed E-state index contributed by atoms with van der Waals surface area (Å²) in [4.78, 5) is 11.8. The van der Waals surface area contributed by atoms with Crippen molar-refractivity contribution >= 4 is 22.0 Å². The molecule has 0 bridgehead atoms. The number of halogens is 1. The Morgan fingerprint density at radius 2 is 1.96 bits per heavy atom. The molecule has 1 aromatic carbocycles. The van der Waals surface area contributed by atoms with Gasteiger partial charge < -0.3 is 19.9 Å². The lowest BCUT2D eigenvalue weighted by Crippen LogP contribution is -2.41. The third-order valence-electron chi connectivity index (χ3n) is 3.31. The molecule has 1 amide bonds. The fourth-order valence-electron chi connectivity index (χ4n) is 2.05. The number of rotatable bonds is 6. The summed E-state index contributed by atoms with van der Waals surface area (Å²) >= 11 is 3.51. The van der Waals surface area contributed by atoms with Crippen LogP contribution in [0.3, 0.4) is 0 Å². The number of aliphatic hydroxyl groups excluding tert-OH is 1. The summed E-state index contributed by atoms with van der Waals surface area (Å²) in [6.45, 7) is 7.59. The first-order valence-electron chi connectivity index (χ1n) is 7.49. The number of alkyl carbamates (subject to hydrolysis) is 1. The van der Waals surface area contributed by atoms with Crippen molar-refractivity contribution in [1.82, 2.24) is 5.32 Å². The molecule has 0 spiro atoms. The molecule has 1 rings (SSSR count).